The summed E-state index contributed by atoms with van der Waals surface area (Å²) in [7, 11) is 0. The number of aromatic nitrogens is 2. The predicted molar refractivity (Wildman–Crippen MR) is 74.1 cm³/mol. The van der Waals surface area contributed by atoms with Gasteiger partial charge in [0.25, 0.3) is 0 Å². The van der Waals surface area contributed by atoms with Gasteiger partial charge in [0.2, 0.25) is 5.95 Å². The summed E-state index contributed by atoms with van der Waals surface area (Å²) in [5.41, 5.74) is 0. The Bertz CT molecular complexity index is 344. The minimum Gasteiger partial charge on any atom is -0.354 e. The van der Waals surface area contributed by atoms with Gasteiger partial charge < -0.3 is 5.32 Å². The highest BCUT2D eigenvalue weighted by molar-refractivity contribution is 9.10. The molecule has 3 nitrogen and oxygen atoms in total. The molecule has 0 aliphatic carbocycles. The van der Waals surface area contributed by atoms with Crippen LogP contribution in [-0.4, -0.2) is 21.8 Å². The van der Waals surface area contributed by atoms with E-state index in [2.05, 4.69) is 52.0 Å². The van der Waals surface area contributed by atoms with E-state index in [0.717, 1.165) is 16.0 Å². The third kappa shape index (κ3) is 3.94. The van der Waals surface area contributed by atoms with Crippen LogP contribution in [0.2, 0.25) is 0 Å². The molecule has 0 fully saturated rings. The van der Waals surface area contributed by atoms with Crippen molar-refractivity contribution in [1.82, 2.24) is 9.97 Å². The van der Waals surface area contributed by atoms with Gasteiger partial charge in [-0.1, -0.05) is 20.8 Å². The van der Waals surface area contributed by atoms with E-state index in [9.17, 15) is 0 Å². The molecule has 0 aliphatic heterocycles. The molecule has 0 saturated carbocycles. The summed E-state index contributed by atoms with van der Waals surface area (Å²) in [6.45, 7) is 9.53. The molecule has 1 aromatic heterocycles. The van der Waals surface area contributed by atoms with Gasteiger partial charge in [-0.2, -0.15) is 0 Å². The Hall–Kier alpha value is -0.290. The quantitative estimate of drug-likeness (QED) is 0.663. The lowest BCUT2D eigenvalue weighted by molar-refractivity contribution is 0.641. The Balaban J connectivity index is 2.81. The summed E-state index contributed by atoms with van der Waals surface area (Å²) >= 11 is 5.27. The van der Waals surface area contributed by atoms with Gasteiger partial charge in [-0.25, -0.2) is 9.97 Å². The summed E-state index contributed by atoms with van der Waals surface area (Å²) < 4.78 is 0.964. The van der Waals surface area contributed by atoms with E-state index in [1.807, 2.05) is 6.92 Å². The molecular formula is C11H18BrN3S. The SMILES string of the molecule is CCNc1ncc(Br)c(SC(C)C(C)C)n1. The van der Waals surface area contributed by atoms with Crippen molar-refractivity contribution < 1.29 is 0 Å². The summed E-state index contributed by atoms with van der Waals surface area (Å²) in [5.74, 6) is 1.33. The lowest BCUT2D eigenvalue weighted by atomic mass is 10.2. The van der Waals surface area contributed by atoms with Crippen LogP contribution >= 0.6 is 27.7 Å². The molecule has 1 aromatic rings. The van der Waals surface area contributed by atoms with E-state index in [1.54, 1.807) is 18.0 Å². The highest BCUT2D eigenvalue weighted by atomic mass is 79.9. The van der Waals surface area contributed by atoms with E-state index < -0.39 is 0 Å². The third-order valence-electron chi connectivity index (χ3n) is 2.28. The zero-order valence-corrected chi connectivity index (χ0v) is 12.5. The largest absolute Gasteiger partial charge is 0.354 e. The van der Waals surface area contributed by atoms with Crippen LogP contribution in [0.5, 0.6) is 0 Å². The average molecular weight is 304 g/mol. The van der Waals surface area contributed by atoms with E-state index in [-0.39, 0.29) is 0 Å². The van der Waals surface area contributed by atoms with Crippen molar-refractivity contribution in [2.24, 2.45) is 5.92 Å². The van der Waals surface area contributed by atoms with Crippen molar-refractivity contribution in [3.05, 3.63) is 10.7 Å². The lowest BCUT2D eigenvalue weighted by Gasteiger charge is -2.15. The van der Waals surface area contributed by atoms with Gasteiger partial charge in [-0.05, 0) is 28.8 Å². The normalized spacial score (nSPS) is 12.9. The molecule has 1 rings (SSSR count). The fraction of sp³-hybridized carbons (Fsp3) is 0.636. The molecule has 0 saturated heterocycles. The minimum absolute atomic E-state index is 0.542. The second-order valence-corrected chi connectivity index (χ2v) is 6.16. The standard InChI is InChI=1S/C11H18BrN3S/c1-5-13-11-14-6-9(12)10(15-11)16-8(4)7(2)3/h6-8H,5H2,1-4H3,(H,13,14,15). The number of hydrogen-bond acceptors (Lipinski definition) is 4. The molecule has 16 heavy (non-hydrogen) atoms. The van der Waals surface area contributed by atoms with Crippen LogP contribution in [0.15, 0.2) is 15.7 Å². The van der Waals surface area contributed by atoms with E-state index >= 15 is 0 Å². The number of nitrogens with one attached hydrogen (secondary N) is 1. The molecule has 0 amide bonds. The first kappa shape index (κ1) is 13.8. The van der Waals surface area contributed by atoms with Crippen molar-refractivity contribution in [3.8, 4) is 0 Å². The average Bonchev–Trinajstić information content (AvgIpc) is 2.23. The van der Waals surface area contributed by atoms with Gasteiger partial charge in [0.1, 0.15) is 5.03 Å². The maximum Gasteiger partial charge on any atom is 0.223 e. The summed E-state index contributed by atoms with van der Waals surface area (Å²) in [6, 6.07) is 0. The van der Waals surface area contributed by atoms with Crippen LogP contribution < -0.4 is 5.32 Å². The molecule has 90 valence electrons. The van der Waals surface area contributed by atoms with Crippen molar-refractivity contribution >= 4 is 33.6 Å². The Labute approximate surface area is 110 Å². The Morgan fingerprint density at radius 1 is 1.44 bits per heavy atom. The molecule has 1 N–H and O–H groups in total. The van der Waals surface area contributed by atoms with E-state index in [4.69, 9.17) is 0 Å². The van der Waals surface area contributed by atoms with Crippen molar-refractivity contribution in [2.75, 3.05) is 11.9 Å². The second-order valence-electron chi connectivity index (χ2n) is 3.94. The van der Waals surface area contributed by atoms with Gasteiger partial charge in [0.15, 0.2) is 0 Å². The number of thioether (sulfide) groups is 1. The molecule has 0 aliphatic rings. The van der Waals surface area contributed by atoms with Crippen LogP contribution in [0.1, 0.15) is 27.7 Å². The summed E-state index contributed by atoms with van der Waals surface area (Å²) in [4.78, 5) is 8.68. The maximum absolute atomic E-state index is 4.48. The summed E-state index contributed by atoms with van der Waals surface area (Å²) in [6.07, 6.45) is 1.81. The first-order valence-electron chi connectivity index (χ1n) is 5.47. The fourth-order valence-electron chi connectivity index (χ4n) is 0.990. The smallest absolute Gasteiger partial charge is 0.223 e. The minimum atomic E-state index is 0.542. The number of rotatable bonds is 5. The molecule has 0 bridgehead atoms. The molecular weight excluding hydrogens is 286 g/mol. The second kappa shape index (κ2) is 6.45. The molecule has 0 radical (unpaired) electrons. The van der Waals surface area contributed by atoms with Crippen LogP contribution in [0.25, 0.3) is 0 Å². The molecule has 5 heteroatoms. The van der Waals surface area contributed by atoms with Gasteiger partial charge in [0, 0.05) is 18.0 Å². The van der Waals surface area contributed by atoms with Crippen LogP contribution in [0.4, 0.5) is 5.95 Å². The van der Waals surface area contributed by atoms with Crippen LogP contribution in [0.3, 0.4) is 0 Å². The number of hydrogen-bond donors (Lipinski definition) is 1. The van der Waals surface area contributed by atoms with Crippen molar-refractivity contribution in [2.45, 2.75) is 38.0 Å². The van der Waals surface area contributed by atoms with Crippen molar-refractivity contribution in [1.29, 1.82) is 0 Å². The molecule has 1 unspecified atom stereocenters. The molecule has 1 heterocycles. The maximum atomic E-state index is 4.48. The number of halogens is 1. The predicted octanol–water partition coefficient (Wildman–Crippen LogP) is 3.81. The van der Waals surface area contributed by atoms with Gasteiger partial charge in [-0.3, -0.25) is 0 Å². The molecule has 0 aromatic carbocycles. The number of nitrogens with zero attached hydrogens (tertiary/aromatic N) is 2. The van der Waals surface area contributed by atoms with Gasteiger partial charge >= 0.3 is 0 Å². The van der Waals surface area contributed by atoms with E-state index in [0.29, 0.717) is 17.1 Å². The zero-order valence-electron chi connectivity index (χ0n) is 10.1. The highest BCUT2D eigenvalue weighted by Gasteiger charge is 2.13. The third-order valence-corrected chi connectivity index (χ3v) is 4.58. The van der Waals surface area contributed by atoms with E-state index in [1.165, 1.54) is 0 Å². The summed E-state index contributed by atoms with van der Waals surface area (Å²) in [5, 5.41) is 4.67. The van der Waals surface area contributed by atoms with Crippen LogP contribution in [0, 0.1) is 5.92 Å². The Morgan fingerprint density at radius 2 is 2.12 bits per heavy atom. The molecule has 1 atom stereocenters. The Morgan fingerprint density at radius 3 is 2.69 bits per heavy atom. The van der Waals surface area contributed by atoms with Crippen molar-refractivity contribution in [3.63, 3.8) is 0 Å². The molecule has 0 spiro atoms. The van der Waals surface area contributed by atoms with Crippen LogP contribution in [-0.2, 0) is 0 Å². The first-order valence-corrected chi connectivity index (χ1v) is 7.15. The highest BCUT2D eigenvalue weighted by Crippen LogP contribution is 2.31. The van der Waals surface area contributed by atoms with Gasteiger partial charge in [0.05, 0.1) is 4.47 Å². The van der Waals surface area contributed by atoms with Gasteiger partial charge in [-0.15, -0.1) is 11.8 Å². The monoisotopic (exact) mass is 303 g/mol. The first-order chi connectivity index (χ1) is 7.54. The Kier molecular flexibility index (Phi) is 5.55. The number of anilines is 1. The lowest BCUT2D eigenvalue weighted by Crippen LogP contribution is -2.07. The fourth-order valence-corrected chi connectivity index (χ4v) is 2.39. The topological polar surface area (TPSA) is 37.8 Å². The zero-order chi connectivity index (χ0) is 12.1.